The lowest BCUT2D eigenvalue weighted by atomic mass is 9.96. The van der Waals surface area contributed by atoms with E-state index < -0.39 is 11.9 Å². The molecular formula is C22H21F3N6O. The highest BCUT2D eigenvalue weighted by Gasteiger charge is 2.35. The van der Waals surface area contributed by atoms with E-state index in [0.717, 1.165) is 11.6 Å². The van der Waals surface area contributed by atoms with Crippen LogP contribution in [-0.2, 0) is 11.0 Å². The number of nitrogens with one attached hydrogen (secondary N) is 1. The van der Waals surface area contributed by atoms with Crippen molar-refractivity contribution in [3.8, 4) is 11.4 Å². The first-order chi connectivity index (χ1) is 15.3. The van der Waals surface area contributed by atoms with Crippen molar-refractivity contribution in [1.29, 1.82) is 0 Å². The predicted octanol–water partition coefficient (Wildman–Crippen LogP) is 4.12. The first-order valence-electron chi connectivity index (χ1n) is 10.1. The SMILES string of the molecule is Cc1ccc(NC(=O)C2CCN(c3cc(C(F)(F)F)nc(-c4ccncc4)n3)CC2)nc1. The van der Waals surface area contributed by atoms with Crippen LogP contribution in [0.4, 0.5) is 24.8 Å². The Morgan fingerprint density at radius 3 is 2.44 bits per heavy atom. The van der Waals surface area contributed by atoms with Crippen LogP contribution in [0.5, 0.6) is 0 Å². The first-order valence-corrected chi connectivity index (χ1v) is 10.1. The van der Waals surface area contributed by atoms with E-state index in [2.05, 4.69) is 25.3 Å². The molecule has 0 atom stereocenters. The highest BCUT2D eigenvalue weighted by molar-refractivity contribution is 5.91. The van der Waals surface area contributed by atoms with Crippen LogP contribution >= 0.6 is 0 Å². The highest BCUT2D eigenvalue weighted by Crippen LogP contribution is 2.33. The molecule has 0 spiro atoms. The zero-order valence-corrected chi connectivity index (χ0v) is 17.3. The third-order valence-electron chi connectivity index (χ3n) is 5.29. The van der Waals surface area contributed by atoms with Crippen molar-refractivity contribution in [2.75, 3.05) is 23.3 Å². The van der Waals surface area contributed by atoms with Crippen molar-refractivity contribution in [1.82, 2.24) is 19.9 Å². The van der Waals surface area contributed by atoms with Gasteiger partial charge in [-0.15, -0.1) is 0 Å². The van der Waals surface area contributed by atoms with Gasteiger partial charge >= 0.3 is 6.18 Å². The molecule has 32 heavy (non-hydrogen) atoms. The summed E-state index contributed by atoms with van der Waals surface area (Å²) in [5.74, 6) is 0.270. The van der Waals surface area contributed by atoms with E-state index in [-0.39, 0.29) is 23.5 Å². The molecule has 3 aromatic rings. The van der Waals surface area contributed by atoms with Crippen molar-refractivity contribution in [2.24, 2.45) is 5.92 Å². The molecule has 4 rings (SSSR count). The van der Waals surface area contributed by atoms with Crippen LogP contribution in [0.25, 0.3) is 11.4 Å². The molecule has 1 aliphatic rings. The summed E-state index contributed by atoms with van der Waals surface area (Å²) >= 11 is 0. The Bertz CT molecular complexity index is 1080. The van der Waals surface area contributed by atoms with Gasteiger partial charge in [0, 0.05) is 49.2 Å². The summed E-state index contributed by atoms with van der Waals surface area (Å²) < 4.78 is 40.4. The minimum Gasteiger partial charge on any atom is -0.356 e. The van der Waals surface area contributed by atoms with Gasteiger partial charge in [0.25, 0.3) is 0 Å². The molecule has 0 bridgehead atoms. The van der Waals surface area contributed by atoms with E-state index in [4.69, 9.17) is 0 Å². The van der Waals surface area contributed by atoms with E-state index in [1.54, 1.807) is 29.3 Å². The average molecular weight is 442 g/mol. The first kappa shape index (κ1) is 21.7. The van der Waals surface area contributed by atoms with E-state index in [1.165, 1.54) is 12.4 Å². The lowest BCUT2D eigenvalue weighted by Crippen LogP contribution is -2.39. The van der Waals surface area contributed by atoms with E-state index in [9.17, 15) is 18.0 Å². The second kappa shape index (κ2) is 8.89. The standard InChI is InChI=1S/C22H21F3N6O/c1-14-2-3-18(27-13-14)29-21(32)16-6-10-31(11-7-16)19-12-17(22(23,24)25)28-20(30-19)15-4-8-26-9-5-15/h2-5,8-9,12-13,16H,6-7,10-11H2,1H3,(H,27,29,32). The zero-order chi connectivity index (χ0) is 22.7. The molecule has 0 aromatic carbocycles. The summed E-state index contributed by atoms with van der Waals surface area (Å²) in [4.78, 5) is 30.5. The summed E-state index contributed by atoms with van der Waals surface area (Å²) in [5, 5.41) is 2.80. The lowest BCUT2D eigenvalue weighted by molar-refractivity contribution is -0.141. The molecule has 7 nitrogen and oxygen atoms in total. The summed E-state index contributed by atoms with van der Waals surface area (Å²) in [6, 6.07) is 7.69. The Morgan fingerprint density at radius 2 is 1.81 bits per heavy atom. The van der Waals surface area contributed by atoms with E-state index in [1.807, 2.05) is 13.0 Å². The monoisotopic (exact) mass is 442 g/mol. The van der Waals surface area contributed by atoms with Crippen LogP contribution in [0.15, 0.2) is 48.9 Å². The average Bonchev–Trinajstić information content (AvgIpc) is 2.80. The van der Waals surface area contributed by atoms with Crippen LogP contribution in [0.1, 0.15) is 24.1 Å². The quantitative estimate of drug-likeness (QED) is 0.655. The number of nitrogens with zero attached hydrogens (tertiary/aromatic N) is 5. The van der Waals surface area contributed by atoms with Crippen LogP contribution in [0, 0.1) is 12.8 Å². The molecule has 1 N–H and O–H groups in total. The molecule has 1 fully saturated rings. The Labute approximate surface area is 182 Å². The molecule has 0 unspecified atom stereocenters. The Hall–Kier alpha value is -3.56. The van der Waals surface area contributed by atoms with Gasteiger partial charge in [0.2, 0.25) is 5.91 Å². The second-order valence-electron chi connectivity index (χ2n) is 7.64. The van der Waals surface area contributed by atoms with Gasteiger partial charge in [-0.2, -0.15) is 13.2 Å². The van der Waals surface area contributed by atoms with Crippen LogP contribution in [0.3, 0.4) is 0 Å². The Morgan fingerprint density at radius 1 is 1.09 bits per heavy atom. The number of hydrogen-bond donors (Lipinski definition) is 1. The molecule has 10 heteroatoms. The fraction of sp³-hybridized carbons (Fsp3) is 0.318. The Kier molecular flexibility index (Phi) is 6.02. The maximum atomic E-state index is 13.5. The lowest BCUT2D eigenvalue weighted by Gasteiger charge is -2.32. The molecule has 4 heterocycles. The number of halogens is 3. The number of aryl methyl sites for hydroxylation is 1. The highest BCUT2D eigenvalue weighted by atomic mass is 19.4. The molecule has 1 aliphatic heterocycles. The van der Waals surface area contributed by atoms with Gasteiger partial charge in [-0.25, -0.2) is 15.0 Å². The van der Waals surface area contributed by atoms with Gasteiger partial charge in [0.1, 0.15) is 11.6 Å². The molecule has 0 aliphatic carbocycles. The number of carbonyl (C=O) groups is 1. The van der Waals surface area contributed by atoms with Gasteiger partial charge in [0.05, 0.1) is 0 Å². The zero-order valence-electron chi connectivity index (χ0n) is 17.3. The van der Waals surface area contributed by atoms with Gasteiger partial charge in [-0.05, 0) is 43.5 Å². The summed E-state index contributed by atoms with van der Waals surface area (Å²) in [7, 11) is 0. The minimum atomic E-state index is -4.60. The number of piperidine rings is 1. The summed E-state index contributed by atoms with van der Waals surface area (Å²) in [6.45, 7) is 2.72. The number of hydrogen-bond acceptors (Lipinski definition) is 6. The fourth-order valence-electron chi connectivity index (χ4n) is 3.51. The molecule has 1 amide bonds. The van der Waals surface area contributed by atoms with Gasteiger partial charge < -0.3 is 10.2 Å². The number of rotatable bonds is 4. The van der Waals surface area contributed by atoms with Crippen molar-refractivity contribution in [2.45, 2.75) is 25.9 Å². The van der Waals surface area contributed by atoms with E-state index in [0.29, 0.717) is 37.3 Å². The van der Waals surface area contributed by atoms with Crippen LogP contribution in [-0.4, -0.2) is 38.9 Å². The summed E-state index contributed by atoms with van der Waals surface area (Å²) in [5.41, 5.74) is 0.442. The topological polar surface area (TPSA) is 83.9 Å². The second-order valence-corrected chi connectivity index (χ2v) is 7.64. The van der Waals surface area contributed by atoms with Crippen LogP contribution in [0.2, 0.25) is 0 Å². The van der Waals surface area contributed by atoms with E-state index >= 15 is 0 Å². The number of pyridine rings is 2. The maximum Gasteiger partial charge on any atom is 0.433 e. The molecule has 166 valence electrons. The smallest absolute Gasteiger partial charge is 0.356 e. The Balaban J connectivity index is 1.49. The minimum absolute atomic E-state index is 0.0115. The van der Waals surface area contributed by atoms with Gasteiger partial charge in [-0.3, -0.25) is 9.78 Å². The fourth-order valence-corrected chi connectivity index (χ4v) is 3.51. The van der Waals surface area contributed by atoms with Crippen molar-refractivity contribution >= 4 is 17.5 Å². The normalized spacial score (nSPS) is 14.9. The molecule has 1 saturated heterocycles. The van der Waals surface area contributed by atoms with Gasteiger partial charge in [0.15, 0.2) is 11.5 Å². The van der Waals surface area contributed by atoms with Crippen LogP contribution < -0.4 is 10.2 Å². The predicted molar refractivity (Wildman–Crippen MR) is 113 cm³/mol. The summed E-state index contributed by atoms with van der Waals surface area (Å²) in [6.07, 6.45) is 1.02. The number of amides is 1. The largest absolute Gasteiger partial charge is 0.433 e. The number of alkyl halides is 3. The third kappa shape index (κ3) is 5.01. The third-order valence-corrected chi connectivity index (χ3v) is 5.29. The molecule has 3 aromatic heterocycles. The van der Waals surface area contributed by atoms with Gasteiger partial charge in [-0.1, -0.05) is 6.07 Å². The number of carbonyl (C=O) groups excluding carboxylic acids is 1. The number of anilines is 2. The van der Waals surface area contributed by atoms with Crippen molar-refractivity contribution in [3.05, 3.63) is 60.2 Å². The van der Waals surface area contributed by atoms with Crippen molar-refractivity contribution < 1.29 is 18.0 Å². The molecular weight excluding hydrogens is 421 g/mol. The molecule has 0 saturated carbocycles. The molecule has 0 radical (unpaired) electrons. The van der Waals surface area contributed by atoms with Crippen molar-refractivity contribution in [3.63, 3.8) is 0 Å². The maximum absolute atomic E-state index is 13.5. The number of aromatic nitrogens is 4.